The molecule has 0 fully saturated rings. The lowest BCUT2D eigenvalue weighted by Crippen LogP contribution is -2.15. The molecular weight excluding hydrogens is 424 g/mol. The van der Waals surface area contributed by atoms with Crippen molar-refractivity contribution < 1.29 is 35.6 Å². The topological polar surface area (TPSA) is 42.2 Å². The Morgan fingerprint density at radius 1 is 0.862 bits per heavy atom. The van der Waals surface area contributed by atoms with Gasteiger partial charge in [-0.1, -0.05) is 23.7 Å². The number of alkyl halides is 6. The molecule has 3 nitrogen and oxygen atoms in total. The molecule has 3 aromatic rings. The van der Waals surface area contributed by atoms with Crippen molar-refractivity contribution in [2.45, 2.75) is 12.4 Å². The highest BCUT2D eigenvalue weighted by Crippen LogP contribution is 2.37. The van der Waals surface area contributed by atoms with Crippen molar-refractivity contribution in [2.75, 3.05) is 5.32 Å². The highest BCUT2D eigenvalue weighted by Gasteiger charge is 2.37. The van der Waals surface area contributed by atoms with E-state index in [1.807, 2.05) is 5.32 Å². The number of amides is 1. The summed E-state index contributed by atoms with van der Waals surface area (Å²) >= 11 is 5.87. The summed E-state index contributed by atoms with van der Waals surface area (Å²) in [5.41, 5.74) is -3.21. The predicted octanol–water partition coefficient (Wildman–Crippen LogP) is 6.89. The maximum absolute atomic E-state index is 12.9. The van der Waals surface area contributed by atoms with Crippen LogP contribution in [0.1, 0.15) is 21.7 Å². The molecule has 0 bridgehead atoms. The Hall–Kier alpha value is -2.94. The van der Waals surface area contributed by atoms with Crippen molar-refractivity contribution in [1.82, 2.24) is 0 Å². The van der Waals surface area contributed by atoms with E-state index in [2.05, 4.69) is 0 Å². The molecule has 1 aromatic heterocycles. The van der Waals surface area contributed by atoms with Crippen molar-refractivity contribution in [1.29, 1.82) is 0 Å². The van der Waals surface area contributed by atoms with E-state index in [1.165, 1.54) is 12.1 Å². The van der Waals surface area contributed by atoms with Crippen molar-refractivity contribution in [3.05, 3.63) is 76.5 Å². The van der Waals surface area contributed by atoms with Crippen LogP contribution < -0.4 is 5.32 Å². The van der Waals surface area contributed by atoms with Crippen LogP contribution in [0.5, 0.6) is 0 Å². The number of anilines is 1. The average molecular weight is 434 g/mol. The lowest BCUT2D eigenvalue weighted by Gasteiger charge is -2.14. The quantitative estimate of drug-likeness (QED) is 0.457. The first-order valence-corrected chi connectivity index (χ1v) is 8.28. The average Bonchev–Trinajstić information content (AvgIpc) is 3.10. The molecule has 0 aliphatic carbocycles. The van der Waals surface area contributed by atoms with Gasteiger partial charge in [-0.05, 0) is 42.5 Å². The first-order chi connectivity index (χ1) is 13.4. The van der Waals surface area contributed by atoms with Gasteiger partial charge in [-0.25, -0.2) is 0 Å². The molecule has 0 aliphatic rings. The van der Waals surface area contributed by atoms with E-state index >= 15 is 0 Å². The summed E-state index contributed by atoms with van der Waals surface area (Å²) in [7, 11) is 0. The summed E-state index contributed by atoms with van der Waals surface area (Å²) < 4.78 is 82.8. The highest BCUT2D eigenvalue weighted by atomic mass is 35.5. The largest absolute Gasteiger partial charge is 0.451 e. The minimum Gasteiger partial charge on any atom is -0.451 e. The standard InChI is InChI=1S/C19H10ClF6NO2/c20-13-3-1-2-10(6-13)15-4-5-16(29-15)17(28)27-14-8-11(18(21,22)23)7-12(9-14)19(24,25)26/h1-9H,(H,27,28). The lowest BCUT2D eigenvalue weighted by atomic mass is 10.1. The van der Waals surface area contributed by atoms with Crippen LogP contribution in [0.25, 0.3) is 11.3 Å². The first-order valence-electron chi connectivity index (χ1n) is 7.90. The molecule has 1 heterocycles. The fourth-order valence-corrected chi connectivity index (χ4v) is 2.67. The van der Waals surface area contributed by atoms with E-state index < -0.39 is 35.1 Å². The Bertz CT molecular complexity index is 1020. The molecule has 10 heteroatoms. The van der Waals surface area contributed by atoms with Gasteiger partial charge >= 0.3 is 12.4 Å². The lowest BCUT2D eigenvalue weighted by molar-refractivity contribution is -0.143. The number of furan rings is 1. The van der Waals surface area contributed by atoms with E-state index in [-0.39, 0.29) is 17.6 Å². The van der Waals surface area contributed by atoms with E-state index in [0.717, 1.165) is 0 Å². The Labute approximate surface area is 164 Å². The molecule has 3 rings (SSSR count). The molecule has 1 N–H and O–H groups in total. The van der Waals surface area contributed by atoms with Crippen LogP contribution in [0.2, 0.25) is 5.02 Å². The SMILES string of the molecule is O=C(Nc1cc(C(F)(F)F)cc(C(F)(F)F)c1)c1ccc(-c2cccc(Cl)c2)o1. The number of benzene rings is 2. The number of carbonyl (C=O) groups is 1. The zero-order valence-electron chi connectivity index (χ0n) is 14.2. The van der Waals surface area contributed by atoms with E-state index in [1.54, 1.807) is 24.3 Å². The third-order valence-corrected chi connectivity index (χ3v) is 4.02. The summed E-state index contributed by atoms with van der Waals surface area (Å²) in [5.74, 6) is -1.06. The fraction of sp³-hybridized carbons (Fsp3) is 0.105. The van der Waals surface area contributed by atoms with Crippen LogP contribution in [0, 0.1) is 0 Å². The second kappa shape index (κ2) is 7.47. The molecule has 0 aliphatic heterocycles. The van der Waals surface area contributed by atoms with Crippen LogP contribution in [-0.2, 0) is 12.4 Å². The normalized spacial score (nSPS) is 12.1. The first kappa shape index (κ1) is 20.8. The van der Waals surface area contributed by atoms with Gasteiger partial charge in [-0.3, -0.25) is 4.79 Å². The molecule has 2 aromatic carbocycles. The number of hydrogen-bond acceptors (Lipinski definition) is 2. The second-order valence-corrected chi connectivity index (χ2v) is 6.36. The second-order valence-electron chi connectivity index (χ2n) is 5.92. The van der Waals surface area contributed by atoms with Gasteiger partial charge in [0.2, 0.25) is 0 Å². The minimum atomic E-state index is -5.02. The summed E-state index contributed by atoms with van der Waals surface area (Å²) in [6, 6.07) is 9.92. The van der Waals surface area contributed by atoms with E-state index in [0.29, 0.717) is 22.7 Å². The van der Waals surface area contributed by atoms with Gasteiger partial charge in [0.25, 0.3) is 5.91 Å². The Morgan fingerprint density at radius 3 is 2.03 bits per heavy atom. The van der Waals surface area contributed by atoms with Gasteiger partial charge in [0, 0.05) is 16.3 Å². The maximum Gasteiger partial charge on any atom is 0.416 e. The van der Waals surface area contributed by atoms with Crippen LogP contribution in [-0.4, -0.2) is 5.91 Å². The van der Waals surface area contributed by atoms with Gasteiger partial charge in [0.1, 0.15) is 5.76 Å². The molecule has 1 amide bonds. The molecule has 0 atom stereocenters. The zero-order chi connectivity index (χ0) is 21.4. The van der Waals surface area contributed by atoms with Gasteiger partial charge in [0.15, 0.2) is 5.76 Å². The molecular formula is C19H10ClF6NO2. The molecule has 0 unspecified atom stereocenters. The van der Waals surface area contributed by atoms with Crippen molar-refractivity contribution >= 4 is 23.2 Å². The van der Waals surface area contributed by atoms with Crippen LogP contribution in [0.4, 0.5) is 32.0 Å². The van der Waals surface area contributed by atoms with Crippen molar-refractivity contribution in [3.8, 4) is 11.3 Å². The molecule has 0 saturated heterocycles. The van der Waals surface area contributed by atoms with Crippen LogP contribution in [0.15, 0.2) is 59.0 Å². The number of carbonyl (C=O) groups excluding carboxylic acids is 1. The number of halogens is 7. The van der Waals surface area contributed by atoms with Crippen molar-refractivity contribution in [2.24, 2.45) is 0 Å². The summed E-state index contributed by atoms with van der Waals surface area (Å²) in [6.07, 6.45) is -10.0. The summed E-state index contributed by atoms with van der Waals surface area (Å²) in [5, 5.41) is 2.41. The van der Waals surface area contributed by atoms with Gasteiger partial charge in [0.05, 0.1) is 11.1 Å². The molecule has 0 radical (unpaired) electrons. The smallest absolute Gasteiger partial charge is 0.416 e. The summed E-state index contributed by atoms with van der Waals surface area (Å²) in [6.45, 7) is 0. The van der Waals surface area contributed by atoms with E-state index in [9.17, 15) is 31.1 Å². The Balaban J connectivity index is 1.89. The zero-order valence-corrected chi connectivity index (χ0v) is 14.9. The number of hydrogen-bond donors (Lipinski definition) is 1. The summed E-state index contributed by atoms with van der Waals surface area (Å²) in [4.78, 5) is 12.3. The monoisotopic (exact) mass is 433 g/mol. The maximum atomic E-state index is 12.9. The van der Waals surface area contributed by atoms with Crippen molar-refractivity contribution in [3.63, 3.8) is 0 Å². The molecule has 152 valence electrons. The van der Waals surface area contributed by atoms with Crippen LogP contribution >= 0.6 is 11.6 Å². The highest BCUT2D eigenvalue weighted by molar-refractivity contribution is 6.30. The van der Waals surface area contributed by atoms with Gasteiger partial charge < -0.3 is 9.73 Å². The number of nitrogens with one attached hydrogen (secondary N) is 1. The Kier molecular flexibility index (Phi) is 5.36. The third-order valence-electron chi connectivity index (χ3n) is 3.78. The number of rotatable bonds is 3. The van der Waals surface area contributed by atoms with Crippen LogP contribution in [0.3, 0.4) is 0 Å². The predicted molar refractivity (Wildman–Crippen MR) is 93.6 cm³/mol. The van der Waals surface area contributed by atoms with E-state index in [4.69, 9.17) is 16.0 Å². The molecule has 0 spiro atoms. The van der Waals surface area contributed by atoms with Gasteiger partial charge in [-0.15, -0.1) is 0 Å². The third kappa shape index (κ3) is 4.92. The molecule has 29 heavy (non-hydrogen) atoms. The fourth-order valence-electron chi connectivity index (χ4n) is 2.48. The Morgan fingerprint density at radius 2 is 1.48 bits per heavy atom. The molecule has 0 saturated carbocycles. The van der Waals surface area contributed by atoms with Gasteiger partial charge in [-0.2, -0.15) is 26.3 Å². The minimum absolute atomic E-state index is 0.0280.